The van der Waals surface area contributed by atoms with Crippen LogP contribution in [0, 0.1) is 17.8 Å². The molecule has 0 unspecified atom stereocenters. The first-order valence-electron chi connectivity index (χ1n) is 12.2. The number of hydrogen-bond donors (Lipinski definition) is 1. The Balaban J connectivity index is 1.60. The van der Waals surface area contributed by atoms with E-state index in [-0.39, 0.29) is 12.1 Å². The molecule has 0 bridgehead atoms. The molecule has 0 aromatic heterocycles. The van der Waals surface area contributed by atoms with Crippen molar-refractivity contribution in [2.45, 2.75) is 110 Å². The standard InChI is InChI=1S/C25H45NO2/c1-4-6-8-9-21-10-12-22(13-11-21)23-14-16-24(17-15-23)28-25(27)20(3)19-26-18-7-5-2/h21-24,26H,3-19H2,1-2H3. The second-order valence-electron chi connectivity index (χ2n) is 9.35. The van der Waals surface area contributed by atoms with Gasteiger partial charge in [0.15, 0.2) is 0 Å². The molecule has 2 aliphatic rings. The number of carbonyl (C=O) groups is 1. The van der Waals surface area contributed by atoms with Crippen LogP contribution in [0.15, 0.2) is 12.2 Å². The van der Waals surface area contributed by atoms with Gasteiger partial charge < -0.3 is 10.1 Å². The van der Waals surface area contributed by atoms with Crippen molar-refractivity contribution in [3.63, 3.8) is 0 Å². The summed E-state index contributed by atoms with van der Waals surface area (Å²) in [6, 6.07) is 0. The fraction of sp³-hybridized carbons (Fsp3) is 0.880. The zero-order valence-electron chi connectivity index (χ0n) is 18.6. The van der Waals surface area contributed by atoms with E-state index >= 15 is 0 Å². The van der Waals surface area contributed by atoms with Crippen LogP contribution < -0.4 is 5.32 Å². The van der Waals surface area contributed by atoms with Gasteiger partial charge in [0, 0.05) is 12.1 Å². The van der Waals surface area contributed by atoms with Crippen LogP contribution in [0.5, 0.6) is 0 Å². The third-order valence-electron chi connectivity index (χ3n) is 7.10. The molecule has 162 valence electrons. The highest BCUT2D eigenvalue weighted by atomic mass is 16.5. The summed E-state index contributed by atoms with van der Waals surface area (Å²) < 4.78 is 5.74. The van der Waals surface area contributed by atoms with Crippen molar-refractivity contribution in [2.75, 3.05) is 13.1 Å². The zero-order valence-corrected chi connectivity index (χ0v) is 18.6. The molecule has 0 heterocycles. The maximum Gasteiger partial charge on any atom is 0.334 e. The first kappa shape index (κ1) is 23.4. The number of unbranched alkanes of at least 4 members (excludes halogenated alkanes) is 3. The lowest BCUT2D eigenvalue weighted by Gasteiger charge is -2.37. The molecule has 28 heavy (non-hydrogen) atoms. The Kier molecular flexibility index (Phi) is 11.2. The van der Waals surface area contributed by atoms with Crippen LogP contribution in [0.25, 0.3) is 0 Å². The van der Waals surface area contributed by atoms with Crippen LogP contribution in [0.2, 0.25) is 0 Å². The predicted molar refractivity (Wildman–Crippen MR) is 118 cm³/mol. The van der Waals surface area contributed by atoms with Crippen molar-refractivity contribution in [2.24, 2.45) is 17.8 Å². The van der Waals surface area contributed by atoms with Crippen LogP contribution in [0.3, 0.4) is 0 Å². The Morgan fingerprint density at radius 2 is 1.50 bits per heavy atom. The molecule has 0 aromatic carbocycles. The average molecular weight is 392 g/mol. The van der Waals surface area contributed by atoms with Crippen LogP contribution in [0.1, 0.15) is 104 Å². The number of rotatable bonds is 12. The maximum absolute atomic E-state index is 12.2. The van der Waals surface area contributed by atoms with Gasteiger partial charge in [-0.05, 0) is 69.2 Å². The van der Waals surface area contributed by atoms with Crippen molar-refractivity contribution in [3.05, 3.63) is 12.2 Å². The lowest BCUT2D eigenvalue weighted by Crippen LogP contribution is -2.31. The molecule has 0 aliphatic heterocycles. The third-order valence-corrected chi connectivity index (χ3v) is 7.10. The van der Waals surface area contributed by atoms with E-state index in [1.54, 1.807) is 0 Å². The van der Waals surface area contributed by atoms with E-state index in [0.29, 0.717) is 12.1 Å². The van der Waals surface area contributed by atoms with Crippen LogP contribution in [-0.2, 0) is 9.53 Å². The molecule has 3 nitrogen and oxygen atoms in total. The van der Waals surface area contributed by atoms with Gasteiger partial charge in [0.1, 0.15) is 6.10 Å². The van der Waals surface area contributed by atoms with Crippen molar-refractivity contribution in [3.8, 4) is 0 Å². The lowest BCUT2D eigenvalue weighted by molar-refractivity contribution is -0.146. The van der Waals surface area contributed by atoms with E-state index in [1.165, 1.54) is 64.2 Å². The highest BCUT2D eigenvalue weighted by molar-refractivity contribution is 5.88. The second-order valence-corrected chi connectivity index (χ2v) is 9.35. The molecule has 0 radical (unpaired) electrons. The monoisotopic (exact) mass is 391 g/mol. The van der Waals surface area contributed by atoms with Gasteiger partial charge in [-0.25, -0.2) is 4.79 Å². The number of esters is 1. The molecule has 2 fully saturated rings. The molecule has 1 N–H and O–H groups in total. The molecule has 0 aromatic rings. The number of nitrogens with one attached hydrogen (secondary N) is 1. The Labute approximate surface area is 174 Å². The molecule has 0 amide bonds. The minimum atomic E-state index is -0.194. The maximum atomic E-state index is 12.2. The van der Waals surface area contributed by atoms with Gasteiger partial charge in [-0.15, -0.1) is 0 Å². The minimum absolute atomic E-state index is 0.113. The number of hydrogen-bond acceptors (Lipinski definition) is 3. The molecule has 0 saturated heterocycles. The summed E-state index contributed by atoms with van der Waals surface area (Å²) >= 11 is 0. The molecular weight excluding hydrogens is 346 g/mol. The van der Waals surface area contributed by atoms with E-state index in [9.17, 15) is 4.79 Å². The van der Waals surface area contributed by atoms with Crippen molar-refractivity contribution < 1.29 is 9.53 Å². The summed E-state index contributed by atoms with van der Waals surface area (Å²) in [6.07, 6.45) is 18.4. The van der Waals surface area contributed by atoms with E-state index in [4.69, 9.17) is 4.74 Å². The predicted octanol–water partition coefficient (Wildman–Crippen LogP) is 6.42. The van der Waals surface area contributed by atoms with Gasteiger partial charge in [-0.3, -0.25) is 0 Å². The quantitative estimate of drug-likeness (QED) is 0.237. The smallest absolute Gasteiger partial charge is 0.334 e. The normalized spacial score (nSPS) is 28.1. The second kappa shape index (κ2) is 13.4. The van der Waals surface area contributed by atoms with Gasteiger partial charge in [-0.2, -0.15) is 0 Å². The Morgan fingerprint density at radius 3 is 2.11 bits per heavy atom. The summed E-state index contributed by atoms with van der Waals surface area (Å²) in [4.78, 5) is 12.2. The SMILES string of the molecule is C=C(CNCCCC)C(=O)OC1CCC(C2CCC(CCCCC)CC2)CC1. The molecule has 0 atom stereocenters. The molecule has 2 rings (SSSR count). The highest BCUT2D eigenvalue weighted by Crippen LogP contribution is 2.41. The van der Waals surface area contributed by atoms with Crippen LogP contribution >= 0.6 is 0 Å². The van der Waals surface area contributed by atoms with Crippen LogP contribution in [-0.4, -0.2) is 25.2 Å². The molecule has 2 aliphatic carbocycles. The fourth-order valence-corrected chi connectivity index (χ4v) is 5.16. The largest absolute Gasteiger partial charge is 0.459 e. The molecule has 3 heteroatoms. The fourth-order valence-electron chi connectivity index (χ4n) is 5.16. The van der Waals surface area contributed by atoms with Gasteiger partial charge in [0.2, 0.25) is 0 Å². The molecule has 0 spiro atoms. The van der Waals surface area contributed by atoms with E-state index in [2.05, 4.69) is 25.7 Å². The van der Waals surface area contributed by atoms with Crippen molar-refractivity contribution >= 4 is 5.97 Å². The average Bonchev–Trinajstić information content (AvgIpc) is 2.72. The van der Waals surface area contributed by atoms with Crippen molar-refractivity contribution in [1.82, 2.24) is 5.32 Å². The van der Waals surface area contributed by atoms with Crippen LogP contribution in [0.4, 0.5) is 0 Å². The topological polar surface area (TPSA) is 38.3 Å². The first-order chi connectivity index (χ1) is 13.6. The first-order valence-corrected chi connectivity index (χ1v) is 12.2. The zero-order chi connectivity index (χ0) is 20.2. The summed E-state index contributed by atoms with van der Waals surface area (Å²) in [5.41, 5.74) is 0.569. The summed E-state index contributed by atoms with van der Waals surface area (Å²) in [5.74, 6) is 2.60. The molecular formula is C25H45NO2. The Hall–Kier alpha value is -0.830. The molecule has 2 saturated carbocycles. The van der Waals surface area contributed by atoms with E-state index in [0.717, 1.165) is 50.0 Å². The summed E-state index contributed by atoms with van der Waals surface area (Å²) in [6.45, 7) is 9.86. The van der Waals surface area contributed by atoms with Crippen molar-refractivity contribution in [1.29, 1.82) is 0 Å². The van der Waals surface area contributed by atoms with Gasteiger partial charge >= 0.3 is 5.97 Å². The number of carbonyl (C=O) groups excluding carboxylic acids is 1. The highest BCUT2D eigenvalue weighted by Gasteiger charge is 2.32. The van der Waals surface area contributed by atoms with Gasteiger partial charge in [-0.1, -0.05) is 65.4 Å². The van der Waals surface area contributed by atoms with Gasteiger partial charge in [0.25, 0.3) is 0 Å². The van der Waals surface area contributed by atoms with E-state index in [1.807, 2.05) is 0 Å². The Bertz CT molecular complexity index is 445. The number of ether oxygens (including phenoxy) is 1. The van der Waals surface area contributed by atoms with Gasteiger partial charge in [0.05, 0.1) is 0 Å². The summed E-state index contributed by atoms with van der Waals surface area (Å²) in [7, 11) is 0. The minimum Gasteiger partial charge on any atom is -0.459 e. The Morgan fingerprint density at radius 1 is 0.893 bits per heavy atom. The van der Waals surface area contributed by atoms with E-state index < -0.39 is 0 Å². The summed E-state index contributed by atoms with van der Waals surface area (Å²) in [5, 5.41) is 3.27. The third kappa shape index (κ3) is 8.27. The lowest BCUT2D eigenvalue weighted by atomic mass is 9.70.